The Morgan fingerprint density at radius 2 is 1.89 bits per heavy atom. The van der Waals surface area contributed by atoms with E-state index in [0.29, 0.717) is 48.9 Å². The number of piperazine rings is 1. The molecule has 1 unspecified atom stereocenters. The highest BCUT2D eigenvalue weighted by atomic mass is 35.5. The predicted octanol–water partition coefficient (Wildman–Crippen LogP) is 2.84. The molecule has 9 nitrogen and oxygen atoms in total. The van der Waals surface area contributed by atoms with Crippen LogP contribution in [-0.4, -0.2) is 68.0 Å². The Hall–Kier alpha value is -2.47. The number of nitrogens with one attached hydrogen (secondary N) is 1. The number of hydrogen-bond donors (Lipinski definition) is 1. The third-order valence-corrected chi connectivity index (χ3v) is 8.73. The van der Waals surface area contributed by atoms with Gasteiger partial charge in [-0.1, -0.05) is 17.7 Å². The van der Waals surface area contributed by atoms with Crippen LogP contribution in [0.3, 0.4) is 0 Å². The average molecular weight is 553 g/mol. The summed E-state index contributed by atoms with van der Waals surface area (Å²) >= 11 is 7.72. The van der Waals surface area contributed by atoms with Crippen LogP contribution in [0.5, 0.6) is 0 Å². The van der Waals surface area contributed by atoms with Gasteiger partial charge >= 0.3 is 5.76 Å². The minimum absolute atomic E-state index is 0.0625. The first-order chi connectivity index (χ1) is 17.1. The SMILES string of the molecule is CSCCC(NS(=O)(=O)c1ccc2c(c1)oc(=O)n2C)C(=O)N1CCN(c2cc(Cl)ccc2C)CC1. The second-order valence-electron chi connectivity index (χ2n) is 8.76. The molecule has 1 fully saturated rings. The first-order valence-electron chi connectivity index (χ1n) is 11.5. The van der Waals surface area contributed by atoms with Crippen LogP contribution in [-0.2, 0) is 21.9 Å². The molecule has 1 atom stereocenters. The van der Waals surface area contributed by atoms with Gasteiger partial charge in [-0.15, -0.1) is 0 Å². The quantitative estimate of drug-likeness (QED) is 0.458. The Morgan fingerprint density at radius 3 is 2.58 bits per heavy atom. The molecule has 1 aliphatic heterocycles. The van der Waals surface area contributed by atoms with Gasteiger partial charge in [-0.3, -0.25) is 9.36 Å². The standard InChI is InChI=1S/C24H29ClN4O5S2/c1-16-4-5-17(25)14-21(16)28-9-11-29(12-10-28)23(30)19(8-13-35-3)26-36(32,33)18-6-7-20-22(15-18)34-24(31)27(20)2/h4-7,14-15,19,26H,8-13H2,1-3H3. The van der Waals surface area contributed by atoms with Crippen molar-refractivity contribution in [1.82, 2.24) is 14.2 Å². The van der Waals surface area contributed by atoms with Gasteiger partial charge in [-0.2, -0.15) is 16.5 Å². The van der Waals surface area contributed by atoms with E-state index in [2.05, 4.69) is 9.62 Å². The molecular formula is C24H29ClN4O5S2. The molecule has 0 spiro atoms. The molecule has 1 N–H and O–H groups in total. The Morgan fingerprint density at radius 1 is 1.17 bits per heavy atom. The van der Waals surface area contributed by atoms with E-state index in [9.17, 15) is 18.0 Å². The second kappa shape index (κ2) is 10.9. The minimum atomic E-state index is -4.04. The Labute approximate surface area is 219 Å². The first-order valence-corrected chi connectivity index (χ1v) is 14.8. The molecule has 0 radical (unpaired) electrons. The molecule has 194 valence electrons. The van der Waals surface area contributed by atoms with Crippen LogP contribution in [0.2, 0.25) is 5.02 Å². The van der Waals surface area contributed by atoms with Crippen LogP contribution >= 0.6 is 23.4 Å². The van der Waals surface area contributed by atoms with Crippen molar-refractivity contribution in [2.75, 3.05) is 43.1 Å². The zero-order valence-electron chi connectivity index (χ0n) is 20.4. The summed E-state index contributed by atoms with van der Waals surface area (Å²) in [6, 6.07) is 9.08. The maximum Gasteiger partial charge on any atom is 0.419 e. The molecule has 12 heteroatoms. The van der Waals surface area contributed by atoms with Crippen LogP contribution in [0.1, 0.15) is 12.0 Å². The molecule has 1 aliphatic rings. The number of carbonyl (C=O) groups excluding carboxylic acids is 1. The lowest BCUT2D eigenvalue weighted by molar-refractivity contribution is -0.133. The summed E-state index contributed by atoms with van der Waals surface area (Å²) in [5.74, 6) is -0.206. The monoisotopic (exact) mass is 552 g/mol. The molecule has 36 heavy (non-hydrogen) atoms. The number of benzene rings is 2. The summed E-state index contributed by atoms with van der Waals surface area (Å²) in [6.45, 7) is 4.22. The molecule has 0 bridgehead atoms. The van der Waals surface area contributed by atoms with Crippen molar-refractivity contribution in [3.8, 4) is 0 Å². The van der Waals surface area contributed by atoms with Crippen LogP contribution in [0.25, 0.3) is 11.1 Å². The fourth-order valence-corrected chi connectivity index (χ4v) is 6.19. The number of halogens is 1. The number of hydrogen-bond acceptors (Lipinski definition) is 7. The van der Waals surface area contributed by atoms with E-state index in [4.69, 9.17) is 16.0 Å². The predicted molar refractivity (Wildman–Crippen MR) is 144 cm³/mol. The number of sulfonamides is 1. The number of fused-ring (bicyclic) bond motifs is 1. The second-order valence-corrected chi connectivity index (χ2v) is 11.9. The van der Waals surface area contributed by atoms with E-state index in [1.54, 1.807) is 23.7 Å². The van der Waals surface area contributed by atoms with Gasteiger partial charge in [0.1, 0.15) is 6.04 Å². The highest BCUT2D eigenvalue weighted by molar-refractivity contribution is 7.98. The Bertz CT molecular complexity index is 1430. The van der Waals surface area contributed by atoms with E-state index in [-0.39, 0.29) is 16.4 Å². The molecule has 2 heterocycles. The molecular weight excluding hydrogens is 524 g/mol. The van der Waals surface area contributed by atoms with E-state index in [0.717, 1.165) is 11.3 Å². The Balaban J connectivity index is 1.49. The molecule has 0 aliphatic carbocycles. The molecule has 1 amide bonds. The first kappa shape index (κ1) is 26.6. The fraction of sp³-hybridized carbons (Fsp3) is 0.417. The molecule has 3 aromatic rings. The van der Waals surface area contributed by atoms with E-state index >= 15 is 0 Å². The maximum atomic E-state index is 13.4. The van der Waals surface area contributed by atoms with Gasteiger partial charge in [0.15, 0.2) is 5.58 Å². The van der Waals surface area contributed by atoms with Crippen molar-refractivity contribution in [3.05, 3.63) is 57.5 Å². The number of thioether (sulfide) groups is 1. The minimum Gasteiger partial charge on any atom is -0.408 e. The summed E-state index contributed by atoms with van der Waals surface area (Å²) in [6.07, 6.45) is 2.27. The van der Waals surface area contributed by atoms with Crippen molar-refractivity contribution < 1.29 is 17.6 Å². The zero-order chi connectivity index (χ0) is 26.0. The van der Waals surface area contributed by atoms with Gasteiger partial charge < -0.3 is 14.2 Å². The third-order valence-electron chi connectivity index (χ3n) is 6.38. The molecule has 1 saturated heterocycles. The smallest absolute Gasteiger partial charge is 0.408 e. The molecule has 2 aromatic carbocycles. The van der Waals surface area contributed by atoms with Crippen LogP contribution in [0, 0.1) is 6.92 Å². The number of amides is 1. The van der Waals surface area contributed by atoms with Gasteiger partial charge in [0.25, 0.3) is 0 Å². The van der Waals surface area contributed by atoms with Gasteiger partial charge in [0.05, 0.1) is 10.4 Å². The summed E-state index contributed by atoms with van der Waals surface area (Å²) < 4.78 is 35.4. The van der Waals surface area contributed by atoms with Gasteiger partial charge in [0, 0.05) is 50.0 Å². The number of rotatable bonds is 8. The highest BCUT2D eigenvalue weighted by Gasteiger charge is 2.31. The lowest BCUT2D eigenvalue weighted by Gasteiger charge is -2.38. The molecule has 0 saturated carbocycles. The lowest BCUT2D eigenvalue weighted by atomic mass is 10.1. The summed E-state index contributed by atoms with van der Waals surface area (Å²) in [5, 5.41) is 0.661. The summed E-state index contributed by atoms with van der Waals surface area (Å²) in [7, 11) is -2.49. The van der Waals surface area contributed by atoms with Crippen molar-refractivity contribution >= 4 is 56.1 Å². The number of nitrogens with zero attached hydrogens (tertiary/aromatic N) is 3. The molecule has 4 rings (SSSR count). The fourth-order valence-electron chi connectivity index (χ4n) is 4.32. The maximum absolute atomic E-state index is 13.4. The van der Waals surface area contributed by atoms with Crippen LogP contribution < -0.4 is 15.4 Å². The van der Waals surface area contributed by atoms with E-state index in [1.165, 1.54) is 22.8 Å². The van der Waals surface area contributed by atoms with Crippen molar-refractivity contribution in [2.24, 2.45) is 7.05 Å². The third kappa shape index (κ3) is 5.59. The number of carbonyl (C=O) groups is 1. The zero-order valence-corrected chi connectivity index (χ0v) is 22.8. The van der Waals surface area contributed by atoms with Crippen molar-refractivity contribution in [1.29, 1.82) is 0 Å². The van der Waals surface area contributed by atoms with Gasteiger partial charge in [-0.05, 0) is 55.2 Å². The average Bonchev–Trinajstić information content (AvgIpc) is 3.15. The van der Waals surface area contributed by atoms with Crippen LogP contribution in [0.4, 0.5) is 5.69 Å². The number of anilines is 1. The van der Waals surface area contributed by atoms with Gasteiger partial charge in [-0.25, -0.2) is 13.2 Å². The van der Waals surface area contributed by atoms with Crippen molar-refractivity contribution in [2.45, 2.75) is 24.3 Å². The lowest BCUT2D eigenvalue weighted by Crippen LogP contribution is -2.55. The van der Waals surface area contributed by atoms with Crippen molar-refractivity contribution in [3.63, 3.8) is 0 Å². The number of aryl methyl sites for hydroxylation is 2. The van der Waals surface area contributed by atoms with E-state index < -0.39 is 21.8 Å². The summed E-state index contributed by atoms with van der Waals surface area (Å²) in [5.41, 5.74) is 2.81. The molecule has 1 aromatic heterocycles. The van der Waals surface area contributed by atoms with Gasteiger partial charge in [0.2, 0.25) is 15.9 Å². The number of aromatic nitrogens is 1. The highest BCUT2D eigenvalue weighted by Crippen LogP contribution is 2.26. The Kier molecular flexibility index (Phi) is 8.03. The normalized spacial score (nSPS) is 15.4. The number of oxazole rings is 1. The van der Waals surface area contributed by atoms with E-state index in [1.807, 2.05) is 31.4 Å². The largest absolute Gasteiger partial charge is 0.419 e. The summed E-state index contributed by atoms with van der Waals surface area (Å²) in [4.78, 5) is 29.0. The van der Waals surface area contributed by atoms with Crippen LogP contribution in [0.15, 0.2) is 50.5 Å². The topological polar surface area (TPSA) is 105 Å².